The predicted molar refractivity (Wildman–Crippen MR) is 390 cm³/mol. The fraction of sp³-hybridized carbons (Fsp3) is 0.271. The zero-order valence-corrected chi connectivity index (χ0v) is 56.4. The number of nitrogens with zero attached hydrogens (tertiary/aromatic N) is 2. The van der Waals surface area contributed by atoms with Gasteiger partial charge < -0.3 is 9.80 Å². The van der Waals surface area contributed by atoms with Crippen molar-refractivity contribution in [3.8, 4) is 0 Å². The van der Waals surface area contributed by atoms with Crippen molar-refractivity contribution < 1.29 is 0 Å². The van der Waals surface area contributed by atoms with Crippen molar-refractivity contribution >= 4 is 68.6 Å². The minimum absolute atomic E-state index is 0.00676. The first-order valence-corrected chi connectivity index (χ1v) is 31.6. The van der Waals surface area contributed by atoms with Crippen LogP contribution >= 0.6 is 0 Å². The first-order valence-electron chi connectivity index (χ1n) is 31.6. The van der Waals surface area contributed by atoms with Crippen LogP contribution < -0.4 is 20.2 Å². The maximum atomic E-state index is 4.48. The minimum atomic E-state index is -0.0804. The summed E-state index contributed by atoms with van der Waals surface area (Å²) in [5.41, 5.74) is 24.6. The molecule has 450 valence electrons. The summed E-state index contributed by atoms with van der Waals surface area (Å²) >= 11 is 0. The smallest absolute Gasteiger partial charge is 0.0468 e. The van der Waals surface area contributed by atoms with Gasteiger partial charge in [0.05, 0.1) is 0 Å². The predicted octanol–water partition coefficient (Wildman–Crippen LogP) is 24.1. The SMILES string of the molecule is C=Cc1ccccc1/C=C\C\C(C)=c1/ccc(N(c2ccc(C(/C=C\C=C/C)=C\C(C)(C)C)cc2)c2cccc(C)c2)c/c1=C(C(\C=C/C)=C\C(=C)C)/c1ccc(N(c2cccc(C(C)(C)C)c2)c2ccc3c(c2)C(C)(C)C(C)=C3C)cc1.CC.CC. The Labute approximate surface area is 526 Å². The number of hydrogen-bond donors (Lipinski definition) is 0. The molecule has 2 nitrogen and oxygen atoms in total. The van der Waals surface area contributed by atoms with E-state index in [2.05, 4.69) is 345 Å². The van der Waals surface area contributed by atoms with Gasteiger partial charge in [0, 0.05) is 39.5 Å². The van der Waals surface area contributed by atoms with Gasteiger partial charge in [-0.25, -0.2) is 0 Å². The molecule has 0 heterocycles. The van der Waals surface area contributed by atoms with Gasteiger partial charge in [0.15, 0.2) is 0 Å². The molecule has 0 N–H and O–H groups in total. The molecule has 0 atom stereocenters. The van der Waals surface area contributed by atoms with Gasteiger partial charge in [-0.3, -0.25) is 0 Å². The Morgan fingerprint density at radius 3 is 1.70 bits per heavy atom. The number of fused-ring (bicyclic) bond motifs is 1. The summed E-state index contributed by atoms with van der Waals surface area (Å²) in [6, 6.07) is 58.9. The molecule has 0 aromatic heterocycles. The van der Waals surface area contributed by atoms with E-state index >= 15 is 0 Å². The maximum absolute atomic E-state index is 4.48. The summed E-state index contributed by atoms with van der Waals surface area (Å²) in [6.45, 7) is 50.2. The van der Waals surface area contributed by atoms with Crippen LogP contribution in [0.25, 0.3) is 34.4 Å². The van der Waals surface area contributed by atoms with Gasteiger partial charge in [0.2, 0.25) is 0 Å². The molecule has 1 aliphatic carbocycles. The highest BCUT2D eigenvalue weighted by Crippen LogP contribution is 2.49. The fourth-order valence-electron chi connectivity index (χ4n) is 11.4. The monoisotopic (exact) mass is 1150 g/mol. The number of benzene rings is 7. The van der Waals surface area contributed by atoms with Crippen molar-refractivity contribution in [2.24, 2.45) is 5.41 Å². The Morgan fingerprint density at radius 2 is 1.13 bits per heavy atom. The molecule has 0 saturated heterocycles. The first-order chi connectivity index (χ1) is 41.5. The van der Waals surface area contributed by atoms with E-state index in [1.807, 2.05) is 33.8 Å². The van der Waals surface area contributed by atoms with Gasteiger partial charge in [-0.05, 0) is 216 Å². The van der Waals surface area contributed by atoms with Crippen LogP contribution in [0.15, 0.2) is 242 Å². The number of anilines is 6. The number of hydrogen-bond acceptors (Lipinski definition) is 2. The first kappa shape index (κ1) is 67.7. The standard InChI is InChI=1S/C81H88N2.2C2H6/c1-18-21-22-33-66(55-79(10,11)12)63-38-42-68(43-39-63)82(70-36-25-29-57(6)51-70)72-46-48-74(58(7)30-26-34-62-32-24-23-31-61(62)20-3)76(53-72)78(65(28-19-2)50-56(4)5)64-40-44-69(45-41-64)83(71-37-27-35-67(52-71)80(13,14)15)73-47-49-75-59(8)60(9)81(16,17)77(75)54-73;2*1-2/h18-29,31-55H,3-4,30H2,1-2,5-17H3;2*1-2H3/b21-18-,28-19-,33-22-,34-26-,65-50+,66-55-,74-58+,78-76+;;. The van der Waals surface area contributed by atoms with Crippen LogP contribution in [-0.4, -0.2) is 0 Å². The van der Waals surface area contributed by atoms with E-state index in [-0.39, 0.29) is 16.2 Å². The summed E-state index contributed by atoms with van der Waals surface area (Å²) < 4.78 is 0. The van der Waals surface area contributed by atoms with Crippen molar-refractivity contribution in [3.05, 3.63) is 297 Å². The van der Waals surface area contributed by atoms with E-state index in [0.717, 1.165) is 79.2 Å². The van der Waals surface area contributed by atoms with E-state index in [0.29, 0.717) is 0 Å². The molecule has 0 unspecified atom stereocenters. The van der Waals surface area contributed by atoms with Gasteiger partial charge in [0.1, 0.15) is 0 Å². The quantitative estimate of drug-likeness (QED) is 0.0839. The lowest BCUT2D eigenvalue weighted by Crippen LogP contribution is -2.31. The highest BCUT2D eigenvalue weighted by molar-refractivity contribution is 5.88. The average molecular weight is 1150 g/mol. The highest BCUT2D eigenvalue weighted by atomic mass is 15.1. The van der Waals surface area contributed by atoms with E-state index in [4.69, 9.17) is 0 Å². The minimum Gasteiger partial charge on any atom is -0.310 e. The fourth-order valence-corrected chi connectivity index (χ4v) is 11.4. The second kappa shape index (κ2) is 30.3. The van der Waals surface area contributed by atoms with Crippen LogP contribution in [-0.2, 0) is 10.8 Å². The number of allylic oxidation sites excluding steroid dienone is 14. The average Bonchev–Trinajstić information content (AvgIpc) is 1.73. The van der Waals surface area contributed by atoms with Crippen LogP contribution in [0.5, 0.6) is 0 Å². The van der Waals surface area contributed by atoms with Crippen LogP contribution in [0.2, 0.25) is 0 Å². The molecule has 8 rings (SSSR count). The molecule has 0 saturated carbocycles. The molecule has 0 radical (unpaired) electrons. The van der Waals surface area contributed by atoms with Crippen LogP contribution in [0, 0.1) is 12.3 Å². The largest absolute Gasteiger partial charge is 0.310 e. The Hall–Kier alpha value is -8.46. The van der Waals surface area contributed by atoms with Crippen molar-refractivity contribution in [3.63, 3.8) is 0 Å². The number of aryl methyl sites for hydroxylation is 1. The summed E-state index contributed by atoms with van der Waals surface area (Å²) in [5, 5.41) is 2.31. The van der Waals surface area contributed by atoms with Crippen molar-refractivity contribution in [2.45, 2.75) is 149 Å². The van der Waals surface area contributed by atoms with Gasteiger partial charge in [0.25, 0.3) is 0 Å². The summed E-state index contributed by atoms with van der Waals surface area (Å²) in [6.07, 6.45) is 24.7. The molecule has 0 bridgehead atoms. The zero-order valence-electron chi connectivity index (χ0n) is 56.4. The molecule has 7 aromatic carbocycles. The molecule has 7 aromatic rings. The molecular formula is C85H100N2. The molecular weight excluding hydrogens is 1050 g/mol. The Balaban J connectivity index is 0.00000296. The zero-order chi connectivity index (χ0) is 63.8. The Kier molecular flexibility index (Phi) is 23.5. The van der Waals surface area contributed by atoms with Crippen molar-refractivity contribution in [1.29, 1.82) is 0 Å². The molecule has 0 spiro atoms. The lowest BCUT2D eigenvalue weighted by atomic mass is 9.82. The normalized spacial score (nSPS) is 14.2. The van der Waals surface area contributed by atoms with E-state index in [1.165, 1.54) is 55.3 Å². The van der Waals surface area contributed by atoms with Crippen LogP contribution in [0.3, 0.4) is 0 Å². The third kappa shape index (κ3) is 16.5. The van der Waals surface area contributed by atoms with Gasteiger partial charge in [-0.15, -0.1) is 0 Å². The second-order valence-corrected chi connectivity index (χ2v) is 25.1. The van der Waals surface area contributed by atoms with Gasteiger partial charge >= 0.3 is 0 Å². The van der Waals surface area contributed by atoms with Crippen molar-refractivity contribution in [1.82, 2.24) is 0 Å². The highest BCUT2D eigenvalue weighted by Gasteiger charge is 2.34. The second-order valence-electron chi connectivity index (χ2n) is 25.1. The van der Waals surface area contributed by atoms with E-state index < -0.39 is 0 Å². The summed E-state index contributed by atoms with van der Waals surface area (Å²) in [7, 11) is 0. The van der Waals surface area contributed by atoms with Gasteiger partial charge in [-0.2, -0.15) is 0 Å². The molecule has 0 amide bonds. The third-order valence-corrected chi connectivity index (χ3v) is 16.1. The Bertz CT molecular complexity index is 3890. The van der Waals surface area contributed by atoms with Crippen LogP contribution in [0.1, 0.15) is 176 Å². The topological polar surface area (TPSA) is 6.48 Å². The van der Waals surface area contributed by atoms with Crippen LogP contribution in [0.4, 0.5) is 34.1 Å². The lowest BCUT2D eigenvalue weighted by molar-refractivity contribution is 0.546. The lowest BCUT2D eigenvalue weighted by Gasteiger charge is -2.30. The van der Waals surface area contributed by atoms with Crippen molar-refractivity contribution in [2.75, 3.05) is 9.80 Å². The molecule has 0 fully saturated rings. The maximum Gasteiger partial charge on any atom is 0.0468 e. The molecule has 0 aliphatic heterocycles. The molecule has 2 heteroatoms. The van der Waals surface area contributed by atoms with E-state index in [9.17, 15) is 0 Å². The van der Waals surface area contributed by atoms with Gasteiger partial charge in [-0.1, -0.05) is 265 Å². The summed E-state index contributed by atoms with van der Waals surface area (Å²) in [5.74, 6) is 0. The summed E-state index contributed by atoms with van der Waals surface area (Å²) in [4.78, 5) is 4.85. The molecule has 87 heavy (non-hydrogen) atoms. The number of rotatable bonds is 17. The Morgan fingerprint density at radius 1 is 0.563 bits per heavy atom. The third-order valence-electron chi connectivity index (χ3n) is 16.1. The van der Waals surface area contributed by atoms with E-state index in [1.54, 1.807) is 0 Å². The molecule has 1 aliphatic rings.